The van der Waals surface area contributed by atoms with Crippen LogP contribution in [0.1, 0.15) is 26.4 Å². The number of anilines is 1. The second-order valence-electron chi connectivity index (χ2n) is 3.92. The van der Waals surface area contributed by atoms with Crippen LogP contribution in [0.15, 0.2) is 29.6 Å². The van der Waals surface area contributed by atoms with Crippen LogP contribution in [0.5, 0.6) is 0 Å². The van der Waals surface area contributed by atoms with Crippen molar-refractivity contribution in [1.82, 2.24) is 9.88 Å². The molecule has 0 atom stereocenters. The second-order valence-corrected chi connectivity index (χ2v) is 4.81. The summed E-state index contributed by atoms with van der Waals surface area (Å²) in [5.74, 6) is -0.552. The average Bonchev–Trinajstić information content (AvgIpc) is 2.88. The molecule has 1 aliphatic heterocycles. The summed E-state index contributed by atoms with van der Waals surface area (Å²) in [5.41, 5.74) is 7.06. The lowest BCUT2D eigenvalue weighted by atomic mass is 10.1. The third-order valence-corrected chi connectivity index (χ3v) is 3.49. The van der Waals surface area contributed by atoms with E-state index in [1.54, 1.807) is 29.6 Å². The van der Waals surface area contributed by atoms with Gasteiger partial charge in [0.25, 0.3) is 11.8 Å². The molecule has 1 aromatic carbocycles. The minimum absolute atomic E-state index is 0. The van der Waals surface area contributed by atoms with Crippen LogP contribution in [0, 0.1) is 0 Å². The Morgan fingerprint density at radius 2 is 1.74 bits per heavy atom. The van der Waals surface area contributed by atoms with Gasteiger partial charge in [0.1, 0.15) is 0 Å². The highest BCUT2D eigenvalue weighted by Gasteiger charge is 2.35. The third kappa shape index (κ3) is 2.20. The molecule has 19 heavy (non-hydrogen) atoms. The number of fused-ring (bicyclic) bond motifs is 1. The van der Waals surface area contributed by atoms with Crippen LogP contribution in [0.3, 0.4) is 0 Å². The molecular weight excluding hydrogens is 286 g/mol. The van der Waals surface area contributed by atoms with Gasteiger partial charge in [0.05, 0.1) is 23.4 Å². The first-order valence-electron chi connectivity index (χ1n) is 5.32. The summed E-state index contributed by atoms with van der Waals surface area (Å²) in [7, 11) is 0. The number of nitrogen functional groups attached to an aromatic ring is 1. The molecule has 0 saturated heterocycles. The summed E-state index contributed by atoms with van der Waals surface area (Å²) in [5, 5.41) is 2.18. The van der Waals surface area contributed by atoms with Crippen molar-refractivity contribution in [3.8, 4) is 0 Å². The van der Waals surface area contributed by atoms with Crippen LogP contribution >= 0.6 is 23.7 Å². The van der Waals surface area contributed by atoms with Crippen LogP contribution in [-0.2, 0) is 6.54 Å². The van der Waals surface area contributed by atoms with E-state index >= 15 is 0 Å². The molecule has 0 radical (unpaired) electrons. The van der Waals surface area contributed by atoms with Crippen molar-refractivity contribution in [3.63, 3.8) is 0 Å². The Kier molecular flexibility index (Phi) is 3.55. The van der Waals surface area contributed by atoms with Gasteiger partial charge in [-0.3, -0.25) is 14.5 Å². The summed E-state index contributed by atoms with van der Waals surface area (Å²) < 4.78 is 0. The van der Waals surface area contributed by atoms with Gasteiger partial charge in [0.15, 0.2) is 5.13 Å². The number of imide groups is 1. The summed E-state index contributed by atoms with van der Waals surface area (Å²) in [6, 6.07) is 6.80. The van der Waals surface area contributed by atoms with E-state index in [1.165, 1.54) is 16.2 Å². The van der Waals surface area contributed by atoms with Crippen molar-refractivity contribution in [2.75, 3.05) is 5.73 Å². The van der Waals surface area contributed by atoms with Crippen molar-refractivity contribution in [3.05, 3.63) is 46.5 Å². The number of rotatable bonds is 2. The maximum absolute atomic E-state index is 12.1. The summed E-state index contributed by atoms with van der Waals surface area (Å²) in [6.45, 7) is 0.167. The van der Waals surface area contributed by atoms with Gasteiger partial charge in [-0.1, -0.05) is 12.1 Å². The fourth-order valence-electron chi connectivity index (χ4n) is 1.94. The van der Waals surface area contributed by atoms with E-state index in [0.29, 0.717) is 22.0 Å². The first kappa shape index (κ1) is 13.5. The van der Waals surface area contributed by atoms with Crippen LogP contribution in [0.2, 0.25) is 0 Å². The Labute approximate surface area is 119 Å². The highest BCUT2D eigenvalue weighted by molar-refractivity contribution is 7.13. The van der Waals surface area contributed by atoms with E-state index in [9.17, 15) is 9.59 Å². The Morgan fingerprint density at radius 1 is 1.16 bits per heavy atom. The lowest BCUT2D eigenvalue weighted by Crippen LogP contribution is -2.29. The fraction of sp³-hybridized carbons (Fsp3) is 0.0833. The van der Waals surface area contributed by atoms with E-state index in [1.807, 2.05) is 0 Å². The maximum atomic E-state index is 12.1. The van der Waals surface area contributed by atoms with Crippen molar-refractivity contribution in [2.45, 2.75) is 6.54 Å². The quantitative estimate of drug-likeness (QED) is 0.859. The highest BCUT2D eigenvalue weighted by Crippen LogP contribution is 2.24. The molecular formula is C12H10ClN3O2S. The minimum atomic E-state index is -0.276. The molecule has 0 aliphatic carbocycles. The zero-order valence-corrected chi connectivity index (χ0v) is 11.3. The SMILES string of the molecule is Cl.Nc1nc(CN2C(=O)c3ccccc3C2=O)cs1. The summed E-state index contributed by atoms with van der Waals surface area (Å²) in [6.07, 6.45) is 0. The molecule has 0 fully saturated rings. The molecule has 2 amide bonds. The molecule has 2 aromatic rings. The zero-order chi connectivity index (χ0) is 12.7. The van der Waals surface area contributed by atoms with Gasteiger partial charge in [0, 0.05) is 5.38 Å². The Hall–Kier alpha value is -1.92. The molecule has 5 nitrogen and oxygen atoms in total. The molecule has 1 aromatic heterocycles. The zero-order valence-electron chi connectivity index (χ0n) is 9.70. The number of halogens is 1. The van der Waals surface area contributed by atoms with Gasteiger partial charge in [0.2, 0.25) is 0 Å². The summed E-state index contributed by atoms with van der Waals surface area (Å²) in [4.78, 5) is 29.4. The monoisotopic (exact) mass is 295 g/mol. The van der Waals surface area contributed by atoms with Gasteiger partial charge in [-0.15, -0.1) is 23.7 Å². The molecule has 7 heteroatoms. The number of thiazole rings is 1. The molecule has 0 bridgehead atoms. The highest BCUT2D eigenvalue weighted by atomic mass is 35.5. The number of nitrogens with two attached hydrogens (primary N) is 1. The Balaban J connectivity index is 0.00000133. The largest absolute Gasteiger partial charge is 0.375 e. The molecule has 2 N–H and O–H groups in total. The first-order chi connectivity index (χ1) is 8.66. The fourth-order valence-corrected chi connectivity index (χ4v) is 2.49. The molecule has 0 spiro atoms. The summed E-state index contributed by atoms with van der Waals surface area (Å²) >= 11 is 1.29. The lowest BCUT2D eigenvalue weighted by Gasteiger charge is -2.11. The van der Waals surface area contributed by atoms with Crippen molar-refractivity contribution in [1.29, 1.82) is 0 Å². The number of benzene rings is 1. The van der Waals surface area contributed by atoms with Gasteiger partial charge in [-0.25, -0.2) is 4.98 Å². The van der Waals surface area contributed by atoms with E-state index in [0.717, 1.165) is 0 Å². The predicted octanol–water partition coefficient (Wildman–Crippen LogP) is 1.94. The van der Waals surface area contributed by atoms with Crippen molar-refractivity contribution >= 4 is 40.7 Å². The normalized spacial score (nSPS) is 13.4. The topological polar surface area (TPSA) is 76.3 Å². The standard InChI is InChI=1S/C12H9N3O2S.ClH/c13-12-14-7(6-18-12)5-15-10(16)8-3-1-2-4-9(8)11(15)17;/h1-4,6H,5H2,(H2,13,14);1H. The van der Waals surface area contributed by atoms with E-state index in [-0.39, 0.29) is 30.8 Å². The molecule has 2 heterocycles. The van der Waals surface area contributed by atoms with Crippen LogP contribution < -0.4 is 5.73 Å². The van der Waals surface area contributed by atoms with Crippen molar-refractivity contribution < 1.29 is 9.59 Å². The molecule has 3 rings (SSSR count). The van der Waals surface area contributed by atoms with Gasteiger partial charge < -0.3 is 5.73 Å². The Morgan fingerprint density at radius 3 is 2.21 bits per heavy atom. The van der Waals surface area contributed by atoms with Crippen molar-refractivity contribution in [2.24, 2.45) is 0 Å². The van der Waals surface area contributed by atoms with Gasteiger partial charge in [-0.2, -0.15) is 0 Å². The number of hydrogen-bond donors (Lipinski definition) is 1. The van der Waals surface area contributed by atoms with E-state index in [4.69, 9.17) is 5.73 Å². The number of carbonyl (C=O) groups is 2. The average molecular weight is 296 g/mol. The Bertz CT molecular complexity index is 621. The predicted molar refractivity (Wildman–Crippen MR) is 74.4 cm³/mol. The smallest absolute Gasteiger partial charge is 0.261 e. The first-order valence-corrected chi connectivity index (χ1v) is 6.20. The minimum Gasteiger partial charge on any atom is -0.375 e. The number of aromatic nitrogens is 1. The van der Waals surface area contributed by atoms with Gasteiger partial charge in [-0.05, 0) is 12.1 Å². The number of amides is 2. The van der Waals surface area contributed by atoms with Gasteiger partial charge >= 0.3 is 0 Å². The van der Waals surface area contributed by atoms with Crippen LogP contribution in [0.4, 0.5) is 5.13 Å². The van der Waals surface area contributed by atoms with Crippen LogP contribution in [-0.4, -0.2) is 21.7 Å². The second kappa shape index (κ2) is 4.99. The van der Waals surface area contributed by atoms with Crippen LogP contribution in [0.25, 0.3) is 0 Å². The maximum Gasteiger partial charge on any atom is 0.261 e. The molecule has 0 saturated carbocycles. The third-order valence-electron chi connectivity index (χ3n) is 2.77. The molecule has 0 unspecified atom stereocenters. The lowest BCUT2D eigenvalue weighted by molar-refractivity contribution is 0.0640. The number of carbonyl (C=O) groups excluding carboxylic acids is 2. The molecule has 1 aliphatic rings. The number of nitrogens with zero attached hydrogens (tertiary/aromatic N) is 2. The number of hydrogen-bond acceptors (Lipinski definition) is 5. The van der Waals surface area contributed by atoms with E-state index in [2.05, 4.69) is 4.98 Å². The van der Waals surface area contributed by atoms with E-state index < -0.39 is 0 Å². The molecule has 98 valence electrons.